The average molecular weight is 461 g/mol. The molecule has 0 spiro atoms. The van der Waals surface area contributed by atoms with Crippen molar-refractivity contribution >= 4 is 33.5 Å². The highest BCUT2D eigenvalue weighted by atomic mass is 32.2. The second-order valence-corrected chi connectivity index (χ2v) is 10.8. The van der Waals surface area contributed by atoms with E-state index in [-0.39, 0.29) is 22.5 Å². The Balaban J connectivity index is 1.45. The summed E-state index contributed by atoms with van der Waals surface area (Å²) in [4.78, 5) is 25.2. The Labute approximate surface area is 188 Å². The van der Waals surface area contributed by atoms with Crippen LogP contribution in [0.2, 0.25) is 0 Å². The Kier molecular flexibility index (Phi) is 7.91. The van der Waals surface area contributed by atoms with Gasteiger partial charge in [-0.15, -0.1) is 11.8 Å². The van der Waals surface area contributed by atoms with Gasteiger partial charge in [-0.05, 0) is 51.0 Å². The van der Waals surface area contributed by atoms with Gasteiger partial charge in [-0.1, -0.05) is 29.8 Å². The number of piperidine rings is 1. The maximum absolute atomic E-state index is 12.8. The third-order valence-corrected chi connectivity index (χ3v) is 8.34. The van der Waals surface area contributed by atoms with E-state index in [1.807, 2.05) is 0 Å². The summed E-state index contributed by atoms with van der Waals surface area (Å²) in [6, 6.07) is 14.3. The van der Waals surface area contributed by atoms with E-state index in [4.69, 9.17) is 0 Å². The fourth-order valence-electron chi connectivity index (χ4n) is 3.49. The summed E-state index contributed by atoms with van der Waals surface area (Å²) < 4.78 is 27.1. The maximum atomic E-state index is 12.8. The van der Waals surface area contributed by atoms with Crippen molar-refractivity contribution in [2.45, 2.75) is 36.5 Å². The molecule has 1 aliphatic rings. The van der Waals surface area contributed by atoms with Crippen molar-refractivity contribution in [1.82, 2.24) is 9.62 Å². The molecule has 6 nitrogen and oxygen atoms in total. The predicted molar refractivity (Wildman–Crippen MR) is 123 cm³/mol. The standard InChI is InChI=1S/C23H28N2O4S2/c1-17-3-7-21(8-4-17)30-16-13-24-23(27)20-11-14-25(15-12-20)31(28,29)22-9-5-19(6-10-22)18(2)26/h3-10,20H,11-16H2,1-2H3,(H,24,27). The normalized spacial score (nSPS) is 15.5. The van der Waals surface area contributed by atoms with Crippen LogP contribution in [0.3, 0.4) is 0 Å². The van der Waals surface area contributed by atoms with E-state index in [1.165, 1.54) is 46.0 Å². The van der Waals surface area contributed by atoms with E-state index in [1.54, 1.807) is 11.8 Å². The van der Waals surface area contributed by atoms with Crippen LogP contribution in [0.5, 0.6) is 0 Å². The lowest BCUT2D eigenvalue weighted by molar-refractivity contribution is -0.125. The SMILES string of the molecule is CC(=O)c1ccc(S(=O)(=O)N2CCC(C(=O)NCCSc3ccc(C)cc3)CC2)cc1. The van der Waals surface area contributed by atoms with Crippen LogP contribution < -0.4 is 5.32 Å². The topological polar surface area (TPSA) is 83.6 Å². The van der Waals surface area contributed by atoms with Crippen molar-refractivity contribution in [3.05, 3.63) is 59.7 Å². The van der Waals surface area contributed by atoms with Gasteiger partial charge in [0.2, 0.25) is 15.9 Å². The lowest BCUT2D eigenvalue weighted by Crippen LogP contribution is -2.43. The Hall–Kier alpha value is -2.16. The van der Waals surface area contributed by atoms with Crippen LogP contribution in [-0.4, -0.2) is 49.8 Å². The molecule has 166 valence electrons. The Morgan fingerprint density at radius 3 is 2.23 bits per heavy atom. The largest absolute Gasteiger partial charge is 0.355 e. The molecule has 0 radical (unpaired) electrons. The zero-order valence-electron chi connectivity index (χ0n) is 17.8. The van der Waals surface area contributed by atoms with Crippen LogP contribution in [0.15, 0.2) is 58.3 Å². The van der Waals surface area contributed by atoms with Gasteiger partial charge >= 0.3 is 0 Å². The minimum atomic E-state index is -3.62. The van der Waals surface area contributed by atoms with Crippen LogP contribution in [0.1, 0.15) is 35.7 Å². The molecule has 1 amide bonds. The monoisotopic (exact) mass is 460 g/mol. The third-order valence-electron chi connectivity index (χ3n) is 5.41. The van der Waals surface area contributed by atoms with Crippen molar-refractivity contribution in [3.8, 4) is 0 Å². The number of nitrogens with one attached hydrogen (secondary N) is 1. The molecule has 1 N–H and O–H groups in total. The highest BCUT2D eigenvalue weighted by Crippen LogP contribution is 2.24. The quantitative estimate of drug-likeness (QED) is 0.370. The number of rotatable bonds is 8. The number of sulfonamides is 1. The molecular weight excluding hydrogens is 432 g/mol. The first kappa shape index (κ1) is 23.5. The summed E-state index contributed by atoms with van der Waals surface area (Å²) in [5, 5.41) is 2.98. The van der Waals surface area contributed by atoms with Crippen LogP contribution in [0.4, 0.5) is 0 Å². The first-order valence-corrected chi connectivity index (χ1v) is 12.8. The minimum Gasteiger partial charge on any atom is -0.355 e. The molecule has 0 aromatic heterocycles. The molecule has 0 atom stereocenters. The minimum absolute atomic E-state index is 0.00707. The van der Waals surface area contributed by atoms with Gasteiger partial charge in [-0.3, -0.25) is 9.59 Å². The maximum Gasteiger partial charge on any atom is 0.243 e. The number of thioether (sulfide) groups is 1. The van der Waals surface area contributed by atoms with E-state index >= 15 is 0 Å². The summed E-state index contributed by atoms with van der Waals surface area (Å²) in [6.45, 7) is 4.70. The molecular formula is C23H28N2O4S2. The first-order valence-electron chi connectivity index (χ1n) is 10.4. The fraction of sp³-hybridized carbons (Fsp3) is 0.391. The predicted octanol–water partition coefficient (Wildman–Crippen LogP) is 3.51. The zero-order chi connectivity index (χ0) is 22.4. The highest BCUT2D eigenvalue weighted by molar-refractivity contribution is 7.99. The number of carbonyl (C=O) groups excluding carboxylic acids is 2. The second-order valence-electron chi connectivity index (χ2n) is 7.71. The first-order chi connectivity index (χ1) is 14.8. The third kappa shape index (κ3) is 6.18. The molecule has 1 fully saturated rings. The number of carbonyl (C=O) groups is 2. The summed E-state index contributed by atoms with van der Waals surface area (Å²) in [5.41, 5.74) is 1.70. The smallest absolute Gasteiger partial charge is 0.243 e. The number of nitrogens with zero attached hydrogens (tertiary/aromatic N) is 1. The summed E-state index contributed by atoms with van der Waals surface area (Å²) in [7, 11) is -3.62. The molecule has 0 aliphatic carbocycles. The van der Waals surface area contributed by atoms with Crippen molar-refractivity contribution in [1.29, 1.82) is 0 Å². The lowest BCUT2D eigenvalue weighted by atomic mass is 9.97. The number of hydrogen-bond donors (Lipinski definition) is 1. The average Bonchev–Trinajstić information content (AvgIpc) is 2.78. The van der Waals surface area contributed by atoms with Gasteiger partial charge in [0.1, 0.15) is 0 Å². The number of benzene rings is 2. The van der Waals surface area contributed by atoms with Gasteiger partial charge in [0.25, 0.3) is 0 Å². The molecule has 1 heterocycles. The van der Waals surface area contributed by atoms with Crippen molar-refractivity contribution < 1.29 is 18.0 Å². The zero-order valence-corrected chi connectivity index (χ0v) is 19.5. The molecule has 2 aromatic carbocycles. The molecule has 8 heteroatoms. The van der Waals surface area contributed by atoms with Gasteiger partial charge in [0, 0.05) is 41.8 Å². The van der Waals surface area contributed by atoms with Gasteiger partial charge < -0.3 is 5.32 Å². The molecule has 0 bridgehead atoms. The number of hydrogen-bond acceptors (Lipinski definition) is 5. The van der Waals surface area contributed by atoms with Crippen LogP contribution in [-0.2, 0) is 14.8 Å². The fourth-order valence-corrected chi connectivity index (χ4v) is 5.73. The van der Waals surface area contributed by atoms with Gasteiger partial charge in [-0.2, -0.15) is 4.31 Å². The number of amides is 1. The van der Waals surface area contributed by atoms with Gasteiger partial charge in [0.05, 0.1) is 4.90 Å². The van der Waals surface area contributed by atoms with E-state index in [2.05, 4.69) is 36.5 Å². The van der Waals surface area contributed by atoms with E-state index in [0.717, 1.165) is 5.75 Å². The number of Topliss-reactive ketones (excluding diaryl/α,β-unsaturated/α-hetero) is 1. The Morgan fingerprint density at radius 1 is 1.03 bits per heavy atom. The van der Waals surface area contributed by atoms with E-state index < -0.39 is 10.0 Å². The molecule has 3 rings (SSSR count). The van der Waals surface area contributed by atoms with Gasteiger partial charge in [-0.25, -0.2) is 8.42 Å². The molecule has 31 heavy (non-hydrogen) atoms. The Bertz CT molecular complexity index is 1010. The second kappa shape index (κ2) is 10.4. The van der Waals surface area contributed by atoms with Crippen molar-refractivity contribution in [3.63, 3.8) is 0 Å². The molecule has 0 unspecified atom stereocenters. The summed E-state index contributed by atoms with van der Waals surface area (Å²) >= 11 is 1.70. The number of aryl methyl sites for hydroxylation is 1. The highest BCUT2D eigenvalue weighted by Gasteiger charge is 2.32. The number of ketones is 1. The summed E-state index contributed by atoms with van der Waals surface area (Å²) in [5.74, 6) is 0.509. The Morgan fingerprint density at radius 2 is 1.65 bits per heavy atom. The molecule has 1 saturated heterocycles. The molecule has 0 saturated carbocycles. The van der Waals surface area contributed by atoms with Crippen LogP contribution in [0, 0.1) is 12.8 Å². The van der Waals surface area contributed by atoms with Crippen molar-refractivity contribution in [2.24, 2.45) is 5.92 Å². The van der Waals surface area contributed by atoms with E-state index in [0.29, 0.717) is 38.0 Å². The van der Waals surface area contributed by atoms with Gasteiger partial charge in [0.15, 0.2) is 5.78 Å². The molecule has 2 aromatic rings. The van der Waals surface area contributed by atoms with Crippen LogP contribution in [0.25, 0.3) is 0 Å². The van der Waals surface area contributed by atoms with Crippen molar-refractivity contribution in [2.75, 3.05) is 25.4 Å². The van der Waals surface area contributed by atoms with E-state index in [9.17, 15) is 18.0 Å². The molecule has 1 aliphatic heterocycles. The summed E-state index contributed by atoms with van der Waals surface area (Å²) in [6.07, 6.45) is 1.00. The van der Waals surface area contributed by atoms with Crippen LogP contribution >= 0.6 is 11.8 Å². The lowest BCUT2D eigenvalue weighted by Gasteiger charge is -2.30.